The molecule has 1 rings (SSSR count). The zero-order valence-corrected chi connectivity index (χ0v) is 10.3. The minimum Gasteiger partial charge on any atom is -0.314 e. The molecule has 0 aromatic carbocycles. The van der Waals surface area contributed by atoms with Gasteiger partial charge in [-0.05, 0) is 27.1 Å². The van der Waals surface area contributed by atoms with Crippen molar-refractivity contribution in [2.45, 2.75) is 19.5 Å². The Morgan fingerprint density at radius 1 is 1.44 bits per heavy atom. The molecule has 0 bridgehead atoms. The topological polar surface area (TPSA) is 37.3 Å². The van der Waals surface area contributed by atoms with Gasteiger partial charge in [-0.15, -0.1) is 0 Å². The first-order valence-corrected chi connectivity index (χ1v) is 5.64. The fraction of sp³-hybridized carbons (Fsp3) is 0.583. The van der Waals surface area contributed by atoms with Crippen molar-refractivity contribution in [1.29, 1.82) is 0 Å². The minimum atomic E-state index is 0.0601. The third kappa shape index (κ3) is 4.16. The van der Waals surface area contributed by atoms with Crippen molar-refractivity contribution in [2.24, 2.45) is 0 Å². The molecule has 1 aromatic heterocycles. The van der Waals surface area contributed by atoms with Crippen molar-refractivity contribution >= 4 is 0 Å². The van der Waals surface area contributed by atoms with E-state index < -0.39 is 0 Å². The highest BCUT2D eigenvalue weighted by Gasteiger charge is 2.02. The molecule has 16 heavy (non-hydrogen) atoms. The summed E-state index contributed by atoms with van der Waals surface area (Å²) in [4.78, 5) is 13.6. The molecule has 0 spiro atoms. The van der Waals surface area contributed by atoms with E-state index >= 15 is 0 Å². The lowest BCUT2D eigenvalue weighted by atomic mass is 10.3. The van der Waals surface area contributed by atoms with E-state index in [1.54, 1.807) is 16.7 Å². The Kier molecular flexibility index (Phi) is 5.22. The Bertz CT molecular complexity index is 359. The average molecular weight is 223 g/mol. The van der Waals surface area contributed by atoms with Crippen LogP contribution in [0.5, 0.6) is 0 Å². The number of hydrogen-bond donors (Lipinski definition) is 1. The maximum absolute atomic E-state index is 11.4. The van der Waals surface area contributed by atoms with Crippen LogP contribution in [0.25, 0.3) is 0 Å². The van der Waals surface area contributed by atoms with E-state index in [9.17, 15) is 4.79 Å². The second-order valence-electron chi connectivity index (χ2n) is 4.25. The van der Waals surface area contributed by atoms with Crippen LogP contribution >= 0.6 is 0 Å². The number of likely N-dealkylation sites (N-methyl/N-ethyl adjacent to an activating group) is 1. The first kappa shape index (κ1) is 12.9. The summed E-state index contributed by atoms with van der Waals surface area (Å²) in [5.41, 5.74) is 0.0601. The molecule has 0 saturated heterocycles. The highest BCUT2D eigenvalue weighted by Crippen LogP contribution is 1.88. The maximum Gasteiger partial charge on any atom is 0.250 e. The number of pyridine rings is 1. The van der Waals surface area contributed by atoms with Crippen molar-refractivity contribution in [1.82, 2.24) is 14.8 Å². The van der Waals surface area contributed by atoms with Gasteiger partial charge in [-0.25, -0.2) is 0 Å². The van der Waals surface area contributed by atoms with Crippen LogP contribution in [0.3, 0.4) is 0 Å². The average Bonchev–Trinajstić information content (AvgIpc) is 2.26. The van der Waals surface area contributed by atoms with E-state index in [0.29, 0.717) is 6.04 Å². The quantitative estimate of drug-likeness (QED) is 0.709. The highest BCUT2D eigenvalue weighted by molar-refractivity contribution is 4.93. The molecule has 1 atom stereocenters. The van der Waals surface area contributed by atoms with Gasteiger partial charge in [-0.3, -0.25) is 4.79 Å². The van der Waals surface area contributed by atoms with Gasteiger partial charge in [0.05, 0.1) is 0 Å². The molecule has 90 valence electrons. The van der Waals surface area contributed by atoms with Gasteiger partial charge >= 0.3 is 0 Å². The van der Waals surface area contributed by atoms with Crippen LogP contribution in [-0.2, 0) is 6.54 Å². The number of nitrogens with zero attached hydrogens (tertiary/aromatic N) is 2. The smallest absolute Gasteiger partial charge is 0.250 e. The van der Waals surface area contributed by atoms with E-state index in [1.165, 1.54) is 0 Å². The van der Waals surface area contributed by atoms with Crippen LogP contribution in [0.1, 0.15) is 6.92 Å². The van der Waals surface area contributed by atoms with Crippen LogP contribution in [0.4, 0.5) is 0 Å². The van der Waals surface area contributed by atoms with Crippen LogP contribution in [0.2, 0.25) is 0 Å². The Morgan fingerprint density at radius 3 is 2.81 bits per heavy atom. The van der Waals surface area contributed by atoms with E-state index in [2.05, 4.69) is 31.2 Å². The highest BCUT2D eigenvalue weighted by atomic mass is 16.1. The number of rotatable bonds is 6. The molecule has 4 nitrogen and oxygen atoms in total. The molecule has 0 amide bonds. The molecular weight excluding hydrogens is 202 g/mol. The lowest BCUT2D eigenvalue weighted by molar-refractivity contribution is 0.302. The van der Waals surface area contributed by atoms with Gasteiger partial charge in [0.25, 0.3) is 5.56 Å². The Labute approximate surface area is 96.9 Å². The fourth-order valence-electron chi connectivity index (χ4n) is 1.34. The van der Waals surface area contributed by atoms with E-state index in [0.717, 1.165) is 19.6 Å². The van der Waals surface area contributed by atoms with Crippen molar-refractivity contribution < 1.29 is 0 Å². The van der Waals surface area contributed by atoms with Crippen molar-refractivity contribution in [3.05, 3.63) is 34.7 Å². The summed E-state index contributed by atoms with van der Waals surface area (Å²) >= 11 is 0. The van der Waals surface area contributed by atoms with Crippen molar-refractivity contribution in [3.63, 3.8) is 0 Å². The second kappa shape index (κ2) is 6.45. The van der Waals surface area contributed by atoms with Gasteiger partial charge in [-0.1, -0.05) is 6.07 Å². The monoisotopic (exact) mass is 223 g/mol. The summed E-state index contributed by atoms with van der Waals surface area (Å²) < 4.78 is 1.72. The molecule has 4 heteroatoms. The molecule has 0 fully saturated rings. The molecule has 0 radical (unpaired) electrons. The number of aromatic nitrogens is 1. The Balaban J connectivity index is 2.27. The minimum absolute atomic E-state index is 0.0601. The van der Waals surface area contributed by atoms with Crippen LogP contribution in [-0.4, -0.2) is 42.7 Å². The Hall–Kier alpha value is -1.13. The predicted molar refractivity (Wildman–Crippen MR) is 66.7 cm³/mol. The van der Waals surface area contributed by atoms with Gasteiger partial charge in [-0.2, -0.15) is 0 Å². The molecule has 0 saturated carbocycles. The van der Waals surface area contributed by atoms with Crippen molar-refractivity contribution in [3.8, 4) is 0 Å². The van der Waals surface area contributed by atoms with Gasteiger partial charge < -0.3 is 14.8 Å². The molecule has 0 aliphatic carbocycles. The van der Waals surface area contributed by atoms with Crippen LogP contribution in [0.15, 0.2) is 29.2 Å². The third-order valence-corrected chi connectivity index (χ3v) is 2.75. The van der Waals surface area contributed by atoms with Gasteiger partial charge in [0.15, 0.2) is 0 Å². The summed E-state index contributed by atoms with van der Waals surface area (Å²) in [5.74, 6) is 0. The molecular formula is C12H21N3O. The lowest BCUT2D eigenvalue weighted by Crippen LogP contribution is -2.37. The van der Waals surface area contributed by atoms with E-state index in [4.69, 9.17) is 0 Å². The van der Waals surface area contributed by atoms with E-state index in [-0.39, 0.29) is 5.56 Å². The van der Waals surface area contributed by atoms with Crippen LogP contribution in [0, 0.1) is 0 Å². The summed E-state index contributed by atoms with van der Waals surface area (Å²) in [5, 5.41) is 3.34. The van der Waals surface area contributed by atoms with Gasteiger partial charge in [0.2, 0.25) is 0 Å². The summed E-state index contributed by atoms with van der Waals surface area (Å²) in [7, 11) is 4.13. The Morgan fingerprint density at radius 2 is 2.19 bits per heavy atom. The van der Waals surface area contributed by atoms with Crippen LogP contribution < -0.4 is 10.9 Å². The summed E-state index contributed by atoms with van der Waals surface area (Å²) in [6.07, 6.45) is 1.82. The molecule has 0 aliphatic rings. The maximum atomic E-state index is 11.4. The fourth-order valence-corrected chi connectivity index (χ4v) is 1.34. The zero-order valence-electron chi connectivity index (χ0n) is 10.3. The molecule has 1 unspecified atom stereocenters. The van der Waals surface area contributed by atoms with Gasteiger partial charge in [0.1, 0.15) is 0 Å². The normalized spacial score (nSPS) is 13.0. The molecule has 1 heterocycles. The second-order valence-corrected chi connectivity index (χ2v) is 4.25. The molecule has 1 aromatic rings. The number of hydrogen-bond acceptors (Lipinski definition) is 3. The lowest BCUT2D eigenvalue weighted by Gasteiger charge is -2.20. The first-order valence-electron chi connectivity index (χ1n) is 5.64. The SMILES string of the molecule is CC(CNCCn1ccccc1=O)N(C)C. The largest absolute Gasteiger partial charge is 0.314 e. The molecule has 1 N–H and O–H groups in total. The third-order valence-electron chi connectivity index (χ3n) is 2.75. The number of nitrogens with one attached hydrogen (secondary N) is 1. The first-order chi connectivity index (χ1) is 7.61. The van der Waals surface area contributed by atoms with E-state index in [1.807, 2.05) is 12.3 Å². The predicted octanol–water partition coefficient (Wildman–Crippen LogP) is 0.388. The molecule has 0 aliphatic heterocycles. The standard InChI is InChI=1S/C12H21N3O/c1-11(14(2)3)10-13-7-9-15-8-5-4-6-12(15)16/h4-6,8,11,13H,7,9-10H2,1-3H3. The zero-order chi connectivity index (χ0) is 12.0. The summed E-state index contributed by atoms with van der Waals surface area (Å²) in [6.45, 7) is 4.65. The van der Waals surface area contributed by atoms with Gasteiger partial charge in [0, 0.05) is 37.9 Å². The summed E-state index contributed by atoms with van der Waals surface area (Å²) in [6, 6.07) is 5.74. The van der Waals surface area contributed by atoms with Crippen molar-refractivity contribution in [2.75, 3.05) is 27.2 Å².